The summed E-state index contributed by atoms with van der Waals surface area (Å²) in [5.74, 6) is 0. The molecule has 3 heteroatoms. The number of thiophene rings is 1. The lowest BCUT2D eigenvalue weighted by Gasteiger charge is -2.43. The van der Waals surface area contributed by atoms with Gasteiger partial charge in [-0.05, 0) is 82.2 Å². The van der Waals surface area contributed by atoms with Gasteiger partial charge in [-0.25, -0.2) is 0 Å². The molecule has 0 saturated carbocycles. The summed E-state index contributed by atoms with van der Waals surface area (Å²) in [4.78, 5) is 4.95. The molecule has 10 aromatic rings. The highest BCUT2D eigenvalue weighted by Crippen LogP contribution is 2.57. The average Bonchev–Trinajstić information content (AvgIpc) is 3.67. The summed E-state index contributed by atoms with van der Waals surface area (Å²) in [5.41, 5.74) is 14.2. The fraction of sp³-hybridized carbons (Fsp3) is 0.0545. The Balaban J connectivity index is 1.14. The number of para-hydroxylation sites is 2. The predicted octanol–water partition coefficient (Wildman–Crippen LogP) is 16.1. The lowest BCUT2D eigenvalue weighted by atomic mass is 9.73. The zero-order valence-electron chi connectivity index (χ0n) is 32.4. The van der Waals surface area contributed by atoms with Crippen LogP contribution in [0.4, 0.5) is 34.1 Å². The van der Waals surface area contributed by atoms with Crippen LogP contribution in [0.5, 0.6) is 0 Å². The Hall–Kier alpha value is -6.94. The highest BCUT2D eigenvalue weighted by atomic mass is 32.1. The molecular weight excluding hydrogens is 721 g/mol. The van der Waals surface area contributed by atoms with Crippen LogP contribution in [0.2, 0.25) is 0 Å². The second kappa shape index (κ2) is 13.6. The van der Waals surface area contributed by atoms with Crippen molar-refractivity contribution in [3.8, 4) is 22.3 Å². The van der Waals surface area contributed by atoms with Crippen molar-refractivity contribution in [1.29, 1.82) is 0 Å². The molecule has 1 aliphatic heterocycles. The van der Waals surface area contributed by atoms with Crippen molar-refractivity contribution >= 4 is 76.4 Å². The van der Waals surface area contributed by atoms with Gasteiger partial charge in [-0.3, -0.25) is 0 Å². The van der Waals surface area contributed by atoms with Crippen LogP contribution >= 0.6 is 11.3 Å². The van der Waals surface area contributed by atoms with Crippen molar-refractivity contribution in [2.24, 2.45) is 0 Å². The molecule has 0 unspecified atom stereocenters. The van der Waals surface area contributed by atoms with Gasteiger partial charge in [-0.1, -0.05) is 166 Å². The molecule has 0 radical (unpaired) electrons. The molecule has 11 rings (SSSR count). The van der Waals surface area contributed by atoms with Crippen LogP contribution in [0, 0.1) is 0 Å². The number of hydrogen-bond donors (Lipinski definition) is 0. The van der Waals surface area contributed by atoms with E-state index in [0.29, 0.717) is 0 Å². The van der Waals surface area contributed by atoms with Crippen molar-refractivity contribution in [2.45, 2.75) is 19.3 Å². The topological polar surface area (TPSA) is 6.48 Å². The van der Waals surface area contributed by atoms with E-state index in [4.69, 9.17) is 0 Å². The molecule has 1 aromatic heterocycles. The maximum Gasteiger partial charge on any atom is 0.0619 e. The van der Waals surface area contributed by atoms with Gasteiger partial charge in [0.2, 0.25) is 0 Å². The molecule has 276 valence electrons. The minimum absolute atomic E-state index is 0.284. The van der Waals surface area contributed by atoms with Gasteiger partial charge in [0.05, 0.1) is 17.1 Å². The van der Waals surface area contributed by atoms with Crippen molar-refractivity contribution in [2.75, 3.05) is 9.80 Å². The number of benzene rings is 9. The third kappa shape index (κ3) is 5.46. The van der Waals surface area contributed by atoms with E-state index in [1.165, 1.54) is 81.4 Å². The minimum Gasteiger partial charge on any atom is -0.310 e. The monoisotopic (exact) mass is 760 g/mol. The van der Waals surface area contributed by atoms with Gasteiger partial charge in [0, 0.05) is 59.2 Å². The van der Waals surface area contributed by atoms with E-state index in [0.717, 1.165) is 17.1 Å². The van der Waals surface area contributed by atoms with Gasteiger partial charge in [0.15, 0.2) is 0 Å². The lowest BCUT2D eigenvalue weighted by Crippen LogP contribution is -2.31. The maximum atomic E-state index is 2.56. The van der Waals surface area contributed by atoms with Crippen molar-refractivity contribution in [3.63, 3.8) is 0 Å². The number of rotatable bonds is 6. The Bertz CT molecular complexity index is 3140. The van der Waals surface area contributed by atoms with Crippen molar-refractivity contribution in [3.05, 3.63) is 217 Å². The third-order valence-corrected chi connectivity index (χ3v) is 13.3. The second-order valence-electron chi connectivity index (χ2n) is 15.7. The molecule has 0 fully saturated rings. The van der Waals surface area contributed by atoms with E-state index in [9.17, 15) is 0 Å². The van der Waals surface area contributed by atoms with E-state index in [1.54, 1.807) is 0 Å². The summed E-state index contributed by atoms with van der Waals surface area (Å²) >= 11 is 1.89. The Kier molecular flexibility index (Phi) is 8.06. The molecule has 9 aromatic carbocycles. The summed E-state index contributed by atoms with van der Waals surface area (Å²) in [5, 5.41) is 5.07. The standard InChI is InChI=1S/C55H40N2S/c1-55(2)48-25-12-13-26-50(48)57(53-43-21-10-9-18-39(43)30-34-45(53)47-24-15-23-46-44-22-11-14-27-52(44)58-54(46)47)51-35-33-42(36-49(51)55)56(40-19-7-4-8-20-40)41-31-28-38(29-32-41)37-16-5-3-6-17-37/h3-36H,1-2H3. The van der Waals surface area contributed by atoms with E-state index in [2.05, 4.69) is 230 Å². The first-order valence-electron chi connectivity index (χ1n) is 20.0. The normalized spacial score (nSPS) is 13.1. The van der Waals surface area contributed by atoms with Crippen molar-refractivity contribution < 1.29 is 0 Å². The Morgan fingerprint density at radius 3 is 1.88 bits per heavy atom. The van der Waals surface area contributed by atoms with Gasteiger partial charge < -0.3 is 9.80 Å². The van der Waals surface area contributed by atoms with Crippen LogP contribution in [-0.4, -0.2) is 0 Å². The Labute approximate surface area is 343 Å². The molecule has 1 aliphatic rings. The van der Waals surface area contributed by atoms with E-state index in [1.807, 2.05) is 11.3 Å². The largest absolute Gasteiger partial charge is 0.310 e. The molecular formula is C55H40N2S. The van der Waals surface area contributed by atoms with Crippen LogP contribution in [-0.2, 0) is 5.41 Å². The highest BCUT2D eigenvalue weighted by molar-refractivity contribution is 7.26. The molecule has 0 bridgehead atoms. The molecule has 2 heterocycles. The van der Waals surface area contributed by atoms with Gasteiger partial charge in [0.1, 0.15) is 0 Å². The zero-order chi connectivity index (χ0) is 38.8. The molecule has 0 amide bonds. The highest BCUT2D eigenvalue weighted by Gasteiger charge is 2.38. The third-order valence-electron chi connectivity index (χ3n) is 12.0. The smallest absolute Gasteiger partial charge is 0.0619 e. The van der Waals surface area contributed by atoms with Gasteiger partial charge in [-0.15, -0.1) is 11.3 Å². The van der Waals surface area contributed by atoms with Crippen molar-refractivity contribution in [1.82, 2.24) is 0 Å². The molecule has 58 heavy (non-hydrogen) atoms. The summed E-state index contributed by atoms with van der Waals surface area (Å²) in [6.07, 6.45) is 0. The number of anilines is 6. The van der Waals surface area contributed by atoms with Crippen LogP contribution in [0.3, 0.4) is 0 Å². The first kappa shape index (κ1) is 34.3. The quantitative estimate of drug-likeness (QED) is 0.167. The van der Waals surface area contributed by atoms with Crippen LogP contribution in [0.25, 0.3) is 53.2 Å². The van der Waals surface area contributed by atoms with Gasteiger partial charge in [0.25, 0.3) is 0 Å². The SMILES string of the molecule is CC1(C)c2ccccc2N(c2c(-c3cccc4c3sc3ccccc34)ccc3ccccc23)c2ccc(N(c3ccccc3)c3ccc(-c4ccccc4)cc3)cc21. The minimum atomic E-state index is -0.284. The summed E-state index contributed by atoms with van der Waals surface area (Å²) in [7, 11) is 0. The van der Waals surface area contributed by atoms with Gasteiger partial charge >= 0.3 is 0 Å². The number of nitrogens with zero attached hydrogens (tertiary/aromatic N) is 2. The van der Waals surface area contributed by atoms with E-state index >= 15 is 0 Å². The van der Waals surface area contributed by atoms with Crippen LogP contribution < -0.4 is 9.80 Å². The molecule has 0 N–H and O–H groups in total. The Morgan fingerprint density at radius 2 is 1.05 bits per heavy atom. The summed E-state index contributed by atoms with van der Waals surface area (Å²) in [6, 6.07) is 75.6. The van der Waals surface area contributed by atoms with E-state index < -0.39 is 0 Å². The molecule has 0 spiro atoms. The first-order chi connectivity index (χ1) is 28.5. The predicted molar refractivity (Wildman–Crippen MR) is 249 cm³/mol. The van der Waals surface area contributed by atoms with Gasteiger partial charge in [-0.2, -0.15) is 0 Å². The average molecular weight is 761 g/mol. The first-order valence-corrected chi connectivity index (χ1v) is 20.8. The summed E-state index contributed by atoms with van der Waals surface area (Å²) in [6.45, 7) is 4.77. The van der Waals surface area contributed by atoms with Crippen LogP contribution in [0.1, 0.15) is 25.0 Å². The Morgan fingerprint density at radius 1 is 0.431 bits per heavy atom. The molecule has 2 nitrogen and oxygen atoms in total. The fourth-order valence-corrected chi connectivity index (χ4v) is 10.4. The molecule has 0 atom stereocenters. The molecule has 0 aliphatic carbocycles. The summed E-state index contributed by atoms with van der Waals surface area (Å²) < 4.78 is 2.63. The maximum absolute atomic E-state index is 2.56. The van der Waals surface area contributed by atoms with E-state index in [-0.39, 0.29) is 5.41 Å². The fourth-order valence-electron chi connectivity index (χ4n) is 9.20. The lowest BCUT2D eigenvalue weighted by molar-refractivity contribution is 0.632. The number of hydrogen-bond acceptors (Lipinski definition) is 3. The number of fused-ring (bicyclic) bond motifs is 6. The van der Waals surface area contributed by atoms with Crippen LogP contribution in [0.15, 0.2) is 206 Å². The molecule has 0 saturated heterocycles. The zero-order valence-corrected chi connectivity index (χ0v) is 33.2. The second-order valence-corrected chi connectivity index (χ2v) is 16.8.